The number of hydrogen-bond donors (Lipinski definition) is 1. The van der Waals surface area contributed by atoms with Crippen molar-refractivity contribution in [1.29, 1.82) is 0 Å². The number of amides is 2. The number of nitrogens with zero attached hydrogens (tertiary/aromatic N) is 4. The summed E-state index contributed by atoms with van der Waals surface area (Å²) in [6, 6.07) is 7.67. The monoisotopic (exact) mass is 353 g/mol. The van der Waals surface area contributed by atoms with Crippen LogP contribution in [0.3, 0.4) is 0 Å². The molecule has 0 aliphatic carbocycles. The summed E-state index contributed by atoms with van der Waals surface area (Å²) in [6.45, 7) is 1.72. The molecule has 2 aliphatic heterocycles. The number of anilines is 1. The first-order chi connectivity index (χ1) is 12.7. The van der Waals surface area contributed by atoms with Crippen LogP contribution in [0.2, 0.25) is 0 Å². The quantitative estimate of drug-likeness (QED) is 0.914. The number of carbonyl (C=O) groups excluding carboxylic acids is 2. The molecule has 136 valence electrons. The normalized spacial score (nSPS) is 17.1. The van der Waals surface area contributed by atoms with Crippen LogP contribution in [0.25, 0.3) is 11.4 Å². The first kappa shape index (κ1) is 16.8. The molecule has 0 radical (unpaired) electrons. The standard InChI is InChI=1S/C19H23N5O2/c25-17(13-23-10-5-9-18(23)26)20-15-7-4-6-14(12-15)19-22-21-16-8-2-1-3-11-24(16)19/h4,6-7,12H,1-3,5,8-11,13H2,(H,20,25). The van der Waals surface area contributed by atoms with Crippen molar-refractivity contribution >= 4 is 17.5 Å². The molecule has 1 aromatic carbocycles. The average molecular weight is 353 g/mol. The second kappa shape index (κ2) is 7.27. The van der Waals surface area contributed by atoms with Gasteiger partial charge in [-0.05, 0) is 31.4 Å². The van der Waals surface area contributed by atoms with Crippen LogP contribution in [-0.2, 0) is 22.6 Å². The molecule has 0 saturated carbocycles. The lowest BCUT2D eigenvalue weighted by Crippen LogP contribution is -2.33. The molecule has 4 rings (SSSR count). The van der Waals surface area contributed by atoms with Crippen molar-refractivity contribution in [2.24, 2.45) is 0 Å². The SMILES string of the molecule is O=C(CN1CCCC1=O)Nc1cccc(-c2nnc3n2CCCCC3)c1. The van der Waals surface area contributed by atoms with Crippen molar-refractivity contribution in [3.05, 3.63) is 30.1 Å². The summed E-state index contributed by atoms with van der Waals surface area (Å²) in [5, 5.41) is 11.6. The van der Waals surface area contributed by atoms with Crippen LogP contribution >= 0.6 is 0 Å². The second-order valence-electron chi connectivity index (χ2n) is 6.95. The minimum atomic E-state index is -0.169. The smallest absolute Gasteiger partial charge is 0.243 e. The average Bonchev–Trinajstić information content (AvgIpc) is 3.14. The fourth-order valence-electron chi connectivity index (χ4n) is 3.68. The number of rotatable bonds is 4. The van der Waals surface area contributed by atoms with Gasteiger partial charge < -0.3 is 14.8 Å². The van der Waals surface area contributed by atoms with Gasteiger partial charge in [-0.3, -0.25) is 9.59 Å². The third-order valence-electron chi connectivity index (χ3n) is 5.02. The number of nitrogens with one attached hydrogen (secondary N) is 1. The highest BCUT2D eigenvalue weighted by Gasteiger charge is 2.22. The van der Waals surface area contributed by atoms with Gasteiger partial charge in [0.1, 0.15) is 5.82 Å². The number of hydrogen-bond acceptors (Lipinski definition) is 4. The Morgan fingerprint density at radius 2 is 2.00 bits per heavy atom. The van der Waals surface area contributed by atoms with Gasteiger partial charge in [-0.1, -0.05) is 18.6 Å². The molecule has 0 bridgehead atoms. The van der Waals surface area contributed by atoms with E-state index < -0.39 is 0 Å². The van der Waals surface area contributed by atoms with Crippen LogP contribution in [0.4, 0.5) is 5.69 Å². The highest BCUT2D eigenvalue weighted by molar-refractivity contribution is 5.95. The molecular formula is C19H23N5O2. The summed E-state index contributed by atoms with van der Waals surface area (Å²) in [5.41, 5.74) is 1.66. The fourth-order valence-corrected chi connectivity index (χ4v) is 3.68. The van der Waals surface area contributed by atoms with Crippen LogP contribution < -0.4 is 5.32 Å². The van der Waals surface area contributed by atoms with Crippen LogP contribution in [-0.4, -0.2) is 44.6 Å². The molecule has 2 aromatic rings. The Bertz CT molecular complexity index is 829. The molecule has 2 amide bonds. The van der Waals surface area contributed by atoms with Gasteiger partial charge in [0, 0.05) is 37.2 Å². The van der Waals surface area contributed by atoms with E-state index in [9.17, 15) is 9.59 Å². The molecule has 3 heterocycles. The Balaban J connectivity index is 1.49. The van der Waals surface area contributed by atoms with E-state index in [2.05, 4.69) is 20.1 Å². The molecule has 7 heteroatoms. The summed E-state index contributed by atoms with van der Waals surface area (Å²) in [7, 11) is 0. The Labute approximate surface area is 152 Å². The first-order valence-corrected chi connectivity index (χ1v) is 9.31. The maximum Gasteiger partial charge on any atom is 0.243 e. The summed E-state index contributed by atoms with van der Waals surface area (Å²) < 4.78 is 2.19. The zero-order chi connectivity index (χ0) is 17.9. The lowest BCUT2D eigenvalue weighted by atomic mass is 10.2. The third kappa shape index (κ3) is 3.47. The molecule has 1 saturated heterocycles. The molecule has 1 N–H and O–H groups in total. The minimum absolute atomic E-state index is 0.0556. The molecule has 0 unspecified atom stereocenters. The summed E-state index contributed by atoms with van der Waals surface area (Å²) in [6.07, 6.45) is 5.85. The maximum atomic E-state index is 12.3. The van der Waals surface area contributed by atoms with E-state index in [4.69, 9.17) is 0 Å². The van der Waals surface area contributed by atoms with Crippen molar-refractivity contribution in [1.82, 2.24) is 19.7 Å². The zero-order valence-electron chi connectivity index (χ0n) is 14.8. The lowest BCUT2D eigenvalue weighted by molar-refractivity contribution is -0.131. The molecule has 7 nitrogen and oxygen atoms in total. The van der Waals surface area contributed by atoms with E-state index in [-0.39, 0.29) is 18.4 Å². The van der Waals surface area contributed by atoms with Gasteiger partial charge >= 0.3 is 0 Å². The van der Waals surface area contributed by atoms with Gasteiger partial charge in [0.15, 0.2) is 5.82 Å². The number of aromatic nitrogens is 3. The van der Waals surface area contributed by atoms with E-state index in [0.717, 1.165) is 49.4 Å². The van der Waals surface area contributed by atoms with Gasteiger partial charge in [-0.2, -0.15) is 0 Å². The van der Waals surface area contributed by atoms with Crippen LogP contribution in [0, 0.1) is 0 Å². The number of carbonyl (C=O) groups is 2. The third-order valence-corrected chi connectivity index (χ3v) is 5.02. The zero-order valence-corrected chi connectivity index (χ0v) is 14.8. The highest BCUT2D eigenvalue weighted by Crippen LogP contribution is 2.25. The van der Waals surface area contributed by atoms with E-state index in [1.165, 1.54) is 6.42 Å². The molecule has 1 aromatic heterocycles. The Morgan fingerprint density at radius 3 is 2.85 bits per heavy atom. The van der Waals surface area contributed by atoms with Gasteiger partial charge in [-0.25, -0.2) is 0 Å². The van der Waals surface area contributed by atoms with Crippen LogP contribution in [0.5, 0.6) is 0 Å². The summed E-state index contributed by atoms with van der Waals surface area (Å²) in [4.78, 5) is 25.5. The molecular weight excluding hydrogens is 330 g/mol. The van der Waals surface area contributed by atoms with Crippen molar-refractivity contribution < 1.29 is 9.59 Å². The van der Waals surface area contributed by atoms with E-state index in [1.807, 2.05) is 24.3 Å². The highest BCUT2D eigenvalue weighted by atomic mass is 16.2. The minimum Gasteiger partial charge on any atom is -0.333 e. The van der Waals surface area contributed by atoms with Crippen LogP contribution in [0.15, 0.2) is 24.3 Å². The van der Waals surface area contributed by atoms with E-state index >= 15 is 0 Å². The summed E-state index contributed by atoms with van der Waals surface area (Å²) >= 11 is 0. The molecule has 0 atom stereocenters. The molecule has 0 spiro atoms. The van der Waals surface area contributed by atoms with Crippen molar-refractivity contribution in [2.45, 2.75) is 45.1 Å². The number of fused-ring (bicyclic) bond motifs is 1. The first-order valence-electron chi connectivity index (χ1n) is 9.31. The molecule has 26 heavy (non-hydrogen) atoms. The van der Waals surface area contributed by atoms with Crippen LogP contribution in [0.1, 0.15) is 37.9 Å². The number of benzene rings is 1. The van der Waals surface area contributed by atoms with Gasteiger partial charge in [-0.15, -0.1) is 10.2 Å². The van der Waals surface area contributed by atoms with Crippen molar-refractivity contribution in [2.75, 3.05) is 18.4 Å². The Kier molecular flexibility index (Phi) is 4.69. The lowest BCUT2D eigenvalue weighted by Gasteiger charge is -2.15. The van der Waals surface area contributed by atoms with Gasteiger partial charge in [0.25, 0.3) is 0 Å². The van der Waals surface area contributed by atoms with E-state index in [1.54, 1.807) is 4.90 Å². The largest absolute Gasteiger partial charge is 0.333 e. The molecule has 2 aliphatic rings. The van der Waals surface area contributed by atoms with Crippen molar-refractivity contribution in [3.63, 3.8) is 0 Å². The predicted molar refractivity (Wildman–Crippen MR) is 97.5 cm³/mol. The number of aryl methyl sites for hydroxylation is 1. The Morgan fingerprint density at radius 1 is 1.08 bits per heavy atom. The topological polar surface area (TPSA) is 80.1 Å². The van der Waals surface area contributed by atoms with E-state index in [0.29, 0.717) is 18.7 Å². The molecule has 1 fully saturated rings. The van der Waals surface area contributed by atoms with Gasteiger partial charge in [0.2, 0.25) is 11.8 Å². The Hall–Kier alpha value is -2.70. The summed E-state index contributed by atoms with van der Waals surface area (Å²) in [5.74, 6) is 1.78. The van der Waals surface area contributed by atoms with Gasteiger partial charge in [0.05, 0.1) is 6.54 Å². The van der Waals surface area contributed by atoms with Crippen molar-refractivity contribution in [3.8, 4) is 11.4 Å². The fraction of sp³-hybridized carbons (Fsp3) is 0.474. The number of likely N-dealkylation sites (tertiary alicyclic amines) is 1. The second-order valence-corrected chi connectivity index (χ2v) is 6.95. The predicted octanol–water partition coefficient (Wildman–Crippen LogP) is 2.23. The maximum absolute atomic E-state index is 12.3.